The fourth-order valence-electron chi connectivity index (χ4n) is 1.94. The predicted molar refractivity (Wildman–Crippen MR) is 73.4 cm³/mol. The first-order chi connectivity index (χ1) is 9.61. The van der Waals surface area contributed by atoms with Crippen LogP contribution in [0.5, 0.6) is 5.75 Å². The first-order valence-electron chi connectivity index (χ1n) is 5.83. The Bertz CT molecular complexity index is 654. The van der Waals surface area contributed by atoms with Crippen molar-refractivity contribution < 1.29 is 15.2 Å². The molecule has 0 saturated carbocycles. The summed E-state index contributed by atoms with van der Waals surface area (Å²) < 4.78 is 0. The average molecular weight is 272 g/mol. The molecule has 0 unspecified atom stereocenters. The maximum absolute atomic E-state index is 10.9. The minimum atomic E-state index is -0.668. The molecule has 0 saturated heterocycles. The van der Waals surface area contributed by atoms with E-state index in [2.05, 4.69) is 5.16 Å². The Morgan fingerprint density at radius 1 is 1.20 bits per heavy atom. The van der Waals surface area contributed by atoms with Gasteiger partial charge in [-0.25, -0.2) is 0 Å². The van der Waals surface area contributed by atoms with Gasteiger partial charge in [-0.15, -0.1) is 0 Å². The van der Waals surface area contributed by atoms with Crippen molar-refractivity contribution in [2.24, 2.45) is 5.16 Å². The van der Waals surface area contributed by atoms with E-state index in [-0.39, 0.29) is 5.56 Å². The van der Waals surface area contributed by atoms with Crippen LogP contribution in [0.25, 0.3) is 0 Å². The summed E-state index contributed by atoms with van der Waals surface area (Å²) in [5.74, 6) is -0.510. The van der Waals surface area contributed by atoms with Crippen LogP contribution < -0.4 is 0 Å². The molecule has 102 valence electrons. The molecule has 0 radical (unpaired) electrons. The van der Waals surface area contributed by atoms with Crippen LogP contribution in [0, 0.1) is 10.1 Å². The van der Waals surface area contributed by atoms with Crippen molar-refractivity contribution in [1.29, 1.82) is 0 Å². The molecule has 0 aromatic heterocycles. The van der Waals surface area contributed by atoms with E-state index in [9.17, 15) is 15.2 Å². The number of nitro benzene ring substituents is 1. The van der Waals surface area contributed by atoms with Crippen molar-refractivity contribution in [1.82, 2.24) is 0 Å². The summed E-state index contributed by atoms with van der Waals surface area (Å²) in [5.41, 5.74) is 1.33. The number of hydrogen-bond donors (Lipinski definition) is 2. The van der Waals surface area contributed by atoms with E-state index in [1.165, 1.54) is 6.07 Å². The SMILES string of the molecule is O=[N+]([O-])c1cc(Cc2ccccc2)cc(/C=N\O)c1O. The lowest BCUT2D eigenvalue weighted by molar-refractivity contribution is -0.385. The van der Waals surface area contributed by atoms with Gasteiger partial charge in [-0.2, -0.15) is 0 Å². The van der Waals surface area contributed by atoms with Gasteiger partial charge in [-0.1, -0.05) is 35.5 Å². The highest BCUT2D eigenvalue weighted by Gasteiger charge is 2.18. The number of nitro groups is 1. The highest BCUT2D eigenvalue weighted by molar-refractivity contribution is 5.85. The zero-order valence-electron chi connectivity index (χ0n) is 10.4. The Balaban J connectivity index is 2.45. The van der Waals surface area contributed by atoms with Crippen molar-refractivity contribution in [2.45, 2.75) is 6.42 Å². The molecule has 0 aliphatic heterocycles. The van der Waals surface area contributed by atoms with Crippen LogP contribution in [0.3, 0.4) is 0 Å². The molecule has 20 heavy (non-hydrogen) atoms. The molecular formula is C14H12N2O4. The largest absolute Gasteiger partial charge is 0.502 e. The molecule has 6 heteroatoms. The summed E-state index contributed by atoms with van der Waals surface area (Å²) >= 11 is 0. The minimum absolute atomic E-state index is 0.104. The molecule has 0 fully saturated rings. The molecule has 2 aromatic rings. The van der Waals surface area contributed by atoms with Crippen LogP contribution in [-0.2, 0) is 6.42 Å². The summed E-state index contributed by atoms with van der Waals surface area (Å²) in [6.07, 6.45) is 1.45. The Labute approximate surface area is 114 Å². The number of aromatic hydroxyl groups is 1. The summed E-state index contributed by atoms with van der Waals surface area (Å²) in [7, 11) is 0. The number of phenols is 1. The molecule has 0 amide bonds. The lowest BCUT2D eigenvalue weighted by atomic mass is 10.0. The molecule has 0 heterocycles. The maximum atomic E-state index is 10.9. The number of oxime groups is 1. The monoisotopic (exact) mass is 272 g/mol. The number of rotatable bonds is 4. The van der Waals surface area contributed by atoms with Gasteiger partial charge in [0.05, 0.1) is 11.1 Å². The van der Waals surface area contributed by atoms with Gasteiger partial charge in [0.2, 0.25) is 5.75 Å². The van der Waals surface area contributed by atoms with Crippen molar-refractivity contribution in [3.8, 4) is 5.75 Å². The zero-order valence-corrected chi connectivity index (χ0v) is 10.4. The summed E-state index contributed by atoms with van der Waals surface area (Å²) in [6, 6.07) is 12.3. The predicted octanol–water partition coefficient (Wildman–Crippen LogP) is 2.70. The van der Waals surface area contributed by atoms with Crippen molar-refractivity contribution in [2.75, 3.05) is 0 Å². The fourth-order valence-corrected chi connectivity index (χ4v) is 1.94. The number of hydrogen-bond acceptors (Lipinski definition) is 5. The summed E-state index contributed by atoms with van der Waals surface area (Å²) in [4.78, 5) is 10.3. The molecule has 6 nitrogen and oxygen atoms in total. The standard InChI is InChI=1S/C14H12N2O4/c17-14-12(9-15-18)7-11(8-13(14)16(19)20)6-10-4-2-1-3-5-10/h1-5,7-9,17-18H,6H2/b15-9-. The zero-order chi connectivity index (χ0) is 14.5. The van der Waals surface area contributed by atoms with Crippen LogP contribution in [0.15, 0.2) is 47.6 Å². The van der Waals surface area contributed by atoms with Gasteiger partial charge in [0.15, 0.2) is 0 Å². The second-order valence-corrected chi connectivity index (χ2v) is 4.22. The number of nitrogens with zero attached hydrogens (tertiary/aromatic N) is 2. The lowest BCUT2D eigenvalue weighted by Crippen LogP contribution is -1.97. The van der Waals surface area contributed by atoms with E-state index in [0.29, 0.717) is 12.0 Å². The van der Waals surface area contributed by atoms with E-state index in [1.807, 2.05) is 30.3 Å². The second-order valence-electron chi connectivity index (χ2n) is 4.22. The molecule has 0 aliphatic carbocycles. The highest BCUT2D eigenvalue weighted by Crippen LogP contribution is 2.31. The molecular weight excluding hydrogens is 260 g/mol. The van der Waals surface area contributed by atoms with Crippen molar-refractivity contribution >= 4 is 11.9 Å². The first kappa shape index (κ1) is 13.5. The van der Waals surface area contributed by atoms with Crippen LogP contribution in [0.1, 0.15) is 16.7 Å². The van der Waals surface area contributed by atoms with Crippen LogP contribution in [-0.4, -0.2) is 21.5 Å². The first-order valence-corrected chi connectivity index (χ1v) is 5.83. The molecule has 0 aliphatic rings. The number of phenolic OH excluding ortho intramolecular Hbond substituents is 1. The second kappa shape index (κ2) is 5.83. The third kappa shape index (κ3) is 2.92. The summed E-state index contributed by atoms with van der Waals surface area (Å²) in [6.45, 7) is 0. The van der Waals surface area contributed by atoms with Gasteiger partial charge in [0.1, 0.15) is 0 Å². The Morgan fingerprint density at radius 2 is 1.90 bits per heavy atom. The topological polar surface area (TPSA) is 96.0 Å². The van der Waals surface area contributed by atoms with Gasteiger partial charge < -0.3 is 10.3 Å². The third-order valence-electron chi connectivity index (χ3n) is 2.82. The molecule has 0 atom stereocenters. The van der Waals surface area contributed by atoms with Gasteiger partial charge in [-0.05, 0) is 23.6 Å². The van der Waals surface area contributed by atoms with Gasteiger partial charge in [-0.3, -0.25) is 10.1 Å². The normalized spacial score (nSPS) is 10.8. The smallest absolute Gasteiger partial charge is 0.311 e. The molecule has 0 bridgehead atoms. The van der Waals surface area contributed by atoms with E-state index >= 15 is 0 Å². The molecule has 0 spiro atoms. The summed E-state index contributed by atoms with van der Waals surface area (Å²) in [5, 5.41) is 32.0. The average Bonchev–Trinajstić information content (AvgIpc) is 2.43. The molecule has 2 N–H and O–H groups in total. The third-order valence-corrected chi connectivity index (χ3v) is 2.82. The van der Waals surface area contributed by atoms with Gasteiger partial charge in [0.25, 0.3) is 0 Å². The van der Waals surface area contributed by atoms with Crippen LogP contribution in [0.4, 0.5) is 5.69 Å². The number of benzene rings is 2. The maximum Gasteiger partial charge on any atom is 0.311 e. The van der Waals surface area contributed by atoms with E-state index in [0.717, 1.165) is 11.8 Å². The van der Waals surface area contributed by atoms with E-state index in [4.69, 9.17) is 5.21 Å². The van der Waals surface area contributed by atoms with Crippen molar-refractivity contribution in [3.63, 3.8) is 0 Å². The van der Waals surface area contributed by atoms with E-state index < -0.39 is 16.4 Å². The van der Waals surface area contributed by atoms with Crippen LogP contribution in [0.2, 0.25) is 0 Å². The van der Waals surface area contributed by atoms with Gasteiger partial charge in [0, 0.05) is 11.6 Å². The lowest BCUT2D eigenvalue weighted by Gasteiger charge is -2.06. The Kier molecular flexibility index (Phi) is 3.95. The quantitative estimate of drug-likeness (QED) is 0.387. The molecule has 2 rings (SSSR count). The Morgan fingerprint density at radius 3 is 2.50 bits per heavy atom. The highest BCUT2D eigenvalue weighted by atomic mass is 16.6. The molecule has 2 aromatic carbocycles. The minimum Gasteiger partial charge on any atom is -0.502 e. The van der Waals surface area contributed by atoms with Crippen molar-refractivity contribution in [3.05, 3.63) is 69.3 Å². The van der Waals surface area contributed by atoms with Gasteiger partial charge >= 0.3 is 5.69 Å². The Hall–Kier alpha value is -2.89. The van der Waals surface area contributed by atoms with E-state index in [1.54, 1.807) is 6.07 Å². The fraction of sp³-hybridized carbons (Fsp3) is 0.0714. The van der Waals surface area contributed by atoms with Crippen LogP contribution >= 0.6 is 0 Å².